The van der Waals surface area contributed by atoms with E-state index in [1.165, 1.54) is 25.1 Å². The summed E-state index contributed by atoms with van der Waals surface area (Å²) in [6, 6.07) is 4.27. The Kier molecular flexibility index (Phi) is 3.54. The Bertz CT molecular complexity index is 372. The molecule has 0 aromatic heterocycles. The molecule has 0 saturated heterocycles. The zero-order chi connectivity index (χ0) is 10.6. The van der Waals surface area contributed by atoms with Crippen LogP contribution in [0.3, 0.4) is 0 Å². The van der Waals surface area contributed by atoms with Gasteiger partial charge in [-0.05, 0) is 25.1 Å². The summed E-state index contributed by atoms with van der Waals surface area (Å²) in [6.07, 6.45) is 3.21. The van der Waals surface area contributed by atoms with Crippen LogP contribution in [0.15, 0.2) is 24.3 Å². The normalized spacial score (nSPS) is 10.8. The van der Waals surface area contributed by atoms with E-state index in [-0.39, 0.29) is 11.6 Å². The highest BCUT2D eigenvalue weighted by atomic mass is 19.1. The Labute approximate surface area is 82.2 Å². The predicted molar refractivity (Wildman–Crippen MR) is 54.5 cm³/mol. The molecule has 14 heavy (non-hydrogen) atoms. The van der Waals surface area contributed by atoms with Crippen molar-refractivity contribution in [2.24, 2.45) is 5.73 Å². The maximum atomic E-state index is 13.2. The molecule has 0 heterocycles. The molecule has 0 aliphatic heterocycles. The van der Waals surface area contributed by atoms with Crippen molar-refractivity contribution in [2.75, 3.05) is 6.54 Å². The van der Waals surface area contributed by atoms with Crippen LogP contribution in [0.4, 0.5) is 4.39 Å². The molecular formula is C11H12FNO. The number of carbonyl (C=O) groups excluding carboxylic acids is 1. The monoisotopic (exact) mass is 193 g/mol. The smallest absolute Gasteiger partial charge is 0.159 e. The Morgan fingerprint density at radius 3 is 2.86 bits per heavy atom. The molecule has 1 aromatic carbocycles. The molecule has 1 rings (SSSR count). The first kappa shape index (κ1) is 10.6. The van der Waals surface area contributed by atoms with Crippen LogP contribution in [0.25, 0.3) is 6.08 Å². The van der Waals surface area contributed by atoms with E-state index in [1.807, 2.05) is 0 Å². The van der Waals surface area contributed by atoms with Gasteiger partial charge in [-0.25, -0.2) is 4.39 Å². The molecule has 0 saturated carbocycles. The highest BCUT2D eigenvalue weighted by molar-refractivity contribution is 5.94. The maximum absolute atomic E-state index is 13.2. The first-order valence-electron chi connectivity index (χ1n) is 4.32. The van der Waals surface area contributed by atoms with Crippen molar-refractivity contribution in [3.05, 3.63) is 41.2 Å². The zero-order valence-electron chi connectivity index (χ0n) is 7.96. The lowest BCUT2D eigenvalue weighted by Crippen LogP contribution is -1.95. The fourth-order valence-electron chi connectivity index (χ4n) is 1.09. The highest BCUT2D eigenvalue weighted by Crippen LogP contribution is 2.12. The molecule has 0 aliphatic carbocycles. The summed E-state index contributed by atoms with van der Waals surface area (Å²) in [5, 5.41) is 0. The van der Waals surface area contributed by atoms with Crippen LogP contribution in [0.5, 0.6) is 0 Å². The lowest BCUT2D eigenvalue weighted by atomic mass is 10.1. The molecule has 2 N–H and O–H groups in total. The number of ketones is 1. The second kappa shape index (κ2) is 4.67. The van der Waals surface area contributed by atoms with Gasteiger partial charge in [-0.2, -0.15) is 0 Å². The van der Waals surface area contributed by atoms with E-state index < -0.39 is 0 Å². The highest BCUT2D eigenvalue weighted by Gasteiger charge is 2.03. The molecule has 1 aromatic rings. The quantitative estimate of drug-likeness (QED) is 0.746. The number of Topliss-reactive ketones (excluding diaryl/α,β-unsaturated/α-hetero) is 1. The zero-order valence-corrected chi connectivity index (χ0v) is 7.96. The number of rotatable bonds is 3. The number of hydrogen-bond donors (Lipinski definition) is 1. The van der Waals surface area contributed by atoms with Crippen LogP contribution in [-0.4, -0.2) is 12.3 Å². The van der Waals surface area contributed by atoms with Crippen molar-refractivity contribution >= 4 is 11.9 Å². The molecule has 0 bridgehead atoms. The number of nitrogens with two attached hydrogens (primary N) is 1. The number of carbonyl (C=O) groups is 1. The van der Waals surface area contributed by atoms with Crippen LogP contribution in [0.1, 0.15) is 22.8 Å². The first-order valence-corrected chi connectivity index (χ1v) is 4.32. The van der Waals surface area contributed by atoms with Crippen LogP contribution < -0.4 is 5.73 Å². The fraction of sp³-hybridized carbons (Fsp3) is 0.182. The summed E-state index contributed by atoms with van der Waals surface area (Å²) in [5.74, 6) is -0.424. The van der Waals surface area contributed by atoms with Crippen LogP contribution in [0, 0.1) is 5.82 Å². The SMILES string of the molecule is CC(=O)c1ccc(F)c(C=CCN)c1. The summed E-state index contributed by atoms with van der Waals surface area (Å²) < 4.78 is 13.2. The molecule has 0 spiro atoms. The molecule has 0 radical (unpaired) electrons. The van der Waals surface area contributed by atoms with Crippen molar-refractivity contribution < 1.29 is 9.18 Å². The van der Waals surface area contributed by atoms with Gasteiger partial charge in [-0.15, -0.1) is 0 Å². The lowest BCUT2D eigenvalue weighted by Gasteiger charge is -1.99. The Morgan fingerprint density at radius 2 is 2.29 bits per heavy atom. The maximum Gasteiger partial charge on any atom is 0.159 e. The summed E-state index contributed by atoms with van der Waals surface area (Å²) in [5.41, 5.74) is 6.14. The molecule has 0 fully saturated rings. The van der Waals surface area contributed by atoms with Gasteiger partial charge in [0.25, 0.3) is 0 Å². The van der Waals surface area contributed by atoms with Crippen LogP contribution >= 0.6 is 0 Å². The van der Waals surface area contributed by atoms with E-state index in [4.69, 9.17) is 5.73 Å². The van der Waals surface area contributed by atoms with E-state index in [1.54, 1.807) is 12.2 Å². The number of halogens is 1. The van der Waals surface area contributed by atoms with Crippen LogP contribution in [-0.2, 0) is 0 Å². The van der Waals surface area contributed by atoms with E-state index in [2.05, 4.69) is 0 Å². The van der Waals surface area contributed by atoms with Gasteiger partial charge in [0.05, 0.1) is 0 Å². The first-order chi connectivity index (χ1) is 6.65. The van der Waals surface area contributed by atoms with Crippen molar-refractivity contribution in [2.45, 2.75) is 6.92 Å². The van der Waals surface area contributed by atoms with E-state index in [0.717, 1.165) is 0 Å². The van der Waals surface area contributed by atoms with E-state index in [9.17, 15) is 9.18 Å². The molecule has 0 atom stereocenters. The van der Waals surface area contributed by atoms with Gasteiger partial charge in [0.2, 0.25) is 0 Å². The predicted octanol–water partition coefficient (Wildman–Crippen LogP) is 2.00. The Morgan fingerprint density at radius 1 is 1.57 bits per heavy atom. The molecule has 0 aliphatic rings. The van der Waals surface area contributed by atoms with Crippen molar-refractivity contribution in [3.8, 4) is 0 Å². The molecular weight excluding hydrogens is 181 g/mol. The molecule has 3 heteroatoms. The van der Waals surface area contributed by atoms with Gasteiger partial charge >= 0.3 is 0 Å². The second-order valence-corrected chi connectivity index (χ2v) is 2.93. The Balaban J connectivity index is 3.08. The topological polar surface area (TPSA) is 43.1 Å². The van der Waals surface area contributed by atoms with Gasteiger partial charge in [-0.1, -0.05) is 12.2 Å². The summed E-state index contributed by atoms with van der Waals surface area (Å²) in [6.45, 7) is 1.80. The van der Waals surface area contributed by atoms with Gasteiger partial charge in [0.1, 0.15) is 5.82 Å². The van der Waals surface area contributed by atoms with Gasteiger partial charge in [-0.3, -0.25) is 4.79 Å². The average molecular weight is 193 g/mol. The van der Waals surface area contributed by atoms with E-state index >= 15 is 0 Å². The third-order valence-electron chi connectivity index (χ3n) is 1.84. The minimum Gasteiger partial charge on any atom is -0.327 e. The van der Waals surface area contributed by atoms with Gasteiger partial charge in [0.15, 0.2) is 5.78 Å². The average Bonchev–Trinajstić information content (AvgIpc) is 2.16. The molecule has 0 amide bonds. The minimum atomic E-state index is -0.347. The minimum absolute atomic E-state index is 0.0765. The standard InChI is InChI=1S/C11H12FNO/c1-8(14)9-4-5-11(12)10(7-9)3-2-6-13/h2-5,7H,6,13H2,1H3. The molecule has 2 nitrogen and oxygen atoms in total. The third-order valence-corrected chi connectivity index (χ3v) is 1.84. The van der Waals surface area contributed by atoms with Gasteiger partial charge in [0, 0.05) is 17.7 Å². The fourth-order valence-corrected chi connectivity index (χ4v) is 1.09. The molecule has 0 unspecified atom stereocenters. The van der Waals surface area contributed by atoms with Crippen molar-refractivity contribution in [3.63, 3.8) is 0 Å². The van der Waals surface area contributed by atoms with Crippen molar-refractivity contribution in [1.29, 1.82) is 0 Å². The number of benzene rings is 1. The largest absolute Gasteiger partial charge is 0.327 e. The van der Waals surface area contributed by atoms with Crippen LogP contribution in [0.2, 0.25) is 0 Å². The summed E-state index contributed by atoms with van der Waals surface area (Å²) in [7, 11) is 0. The van der Waals surface area contributed by atoms with E-state index in [0.29, 0.717) is 17.7 Å². The third kappa shape index (κ3) is 2.50. The second-order valence-electron chi connectivity index (χ2n) is 2.93. The van der Waals surface area contributed by atoms with Gasteiger partial charge < -0.3 is 5.73 Å². The summed E-state index contributed by atoms with van der Waals surface area (Å²) >= 11 is 0. The van der Waals surface area contributed by atoms with Crippen molar-refractivity contribution in [1.82, 2.24) is 0 Å². The lowest BCUT2D eigenvalue weighted by molar-refractivity contribution is 0.101. The Hall–Kier alpha value is -1.48. The summed E-state index contributed by atoms with van der Waals surface area (Å²) in [4.78, 5) is 11.0. The molecule has 74 valence electrons. The number of hydrogen-bond acceptors (Lipinski definition) is 2.